The summed E-state index contributed by atoms with van der Waals surface area (Å²) in [7, 11) is 0. The van der Waals surface area contributed by atoms with Crippen LogP contribution in [0.5, 0.6) is 5.75 Å². The lowest BCUT2D eigenvalue weighted by Gasteiger charge is -2.29. The fourth-order valence-electron chi connectivity index (χ4n) is 5.11. The molecule has 5 heteroatoms. The van der Waals surface area contributed by atoms with Crippen LogP contribution in [0.3, 0.4) is 0 Å². The molecule has 3 aliphatic rings. The van der Waals surface area contributed by atoms with E-state index in [0.717, 1.165) is 38.4 Å². The molecule has 1 atom stereocenters. The van der Waals surface area contributed by atoms with E-state index in [0.29, 0.717) is 11.5 Å². The first-order chi connectivity index (χ1) is 13.3. The smallest absolute Gasteiger partial charge is 0.122 e. The lowest BCUT2D eigenvalue weighted by Crippen LogP contribution is -2.36. The zero-order valence-corrected chi connectivity index (χ0v) is 16.3. The second-order valence-corrected chi connectivity index (χ2v) is 8.41. The van der Waals surface area contributed by atoms with Gasteiger partial charge in [-0.15, -0.1) is 0 Å². The molecular weight excluding hydrogens is 336 g/mol. The van der Waals surface area contributed by atoms with Crippen molar-refractivity contribution in [2.45, 2.75) is 58.3 Å². The van der Waals surface area contributed by atoms with Crippen LogP contribution in [-0.4, -0.2) is 40.2 Å². The predicted molar refractivity (Wildman–Crippen MR) is 106 cm³/mol. The molecule has 1 aromatic heterocycles. The quantitative estimate of drug-likeness (QED) is 0.853. The summed E-state index contributed by atoms with van der Waals surface area (Å²) in [4.78, 5) is 7.35. The van der Waals surface area contributed by atoms with Gasteiger partial charge in [-0.3, -0.25) is 4.90 Å². The third-order valence-corrected chi connectivity index (χ3v) is 6.81. The van der Waals surface area contributed by atoms with Gasteiger partial charge in [0, 0.05) is 37.9 Å². The topological polar surface area (TPSA) is 42.3 Å². The van der Waals surface area contributed by atoms with Gasteiger partial charge < -0.3 is 14.6 Å². The summed E-state index contributed by atoms with van der Waals surface area (Å²) >= 11 is 0. The number of hydrogen-bond acceptors (Lipinski definition) is 4. The molecule has 2 fully saturated rings. The molecule has 2 aliphatic heterocycles. The Morgan fingerprint density at radius 1 is 1.30 bits per heavy atom. The number of nitrogens with one attached hydrogen (secondary N) is 1. The highest BCUT2D eigenvalue weighted by Gasteiger charge is 2.56. The first kappa shape index (κ1) is 17.3. The number of aromatic nitrogens is 2. The lowest BCUT2D eigenvalue weighted by molar-refractivity contribution is 0.182. The summed E-state index contributed by atoms with van der Waals surface area (Å²) in [6.45, 7) is 8.29. The Morgan fingerprint density at radius 3 is 3.04 bits per heavy atom. The average Bonchev–Trinajstić information content (AvgIpc) is 3.04. The fourth-order valence-corrected chi connectivity index (χ4v) is 5.11. The number of ether oxygens (including phenoxy) is 1. The van der Waals surface area contributed by atoms with Crippen LogP contribution in [0.25, 0.3) is 0 Å². The molecule has 1 saturated carbocycles. The number of benzene rings is 1. The maximum absolute atomic E-state index is 5.69. The molecule has 5 rings (SSSR count). The summed E-state index contributed by atoms with van der Waals surface area (Å²) in [5, 5.41) is 3.53. The molecule has 1 saturated heterocycles. The number of hydrogen-bond donors (Lipinski definition) is 1. The standard InChI is InChI=1S/C22H30N4O/c1-2-25-11-10-24-21(25)16-26(20-14-22(20)6-8-23-9-7-22)15-17-3-4-19-18(13-17)5-12-27-19/h3-4,10-11,13,20,23H,2,5-9,12,14-16H2,1H3/t20-/m0/s1. The van der Waals surface area contributed by atoms with Gasteiger partial charge in [-0.05, 0) is 61.9 Å². The molecular formula is C22H30N4O. The molecule has 2 aromatic rings. The Balaban J connectivity index is 1.38. The number of aryl methyl sites for hydroxylation is 1. The van der Waals surface area contributed by atoms with E-state index < -0.39 is 0 Å². The van der Waals surface area contributed by atoms with Gasteiger partial charge in [0.1, 0.15) is 11.6 Å². The Labute approximate surface area is 161 Å². The van der Waals surface area contributed by atoms with E-state index >= 15 is 0 Å². The minimum absolute atomic E-state index is 0.536. The van der Waals surface area contributed by atoms with E-state index in [-0.39, 0.29) is 0 Å². The van der Waals surface area contributed by atoms with Crippen molar-refractivity contribution in [1.82, 2.24) is 19.8 Å². The van der Waals surface area contributed by atoms with E-state index in [9.17, 15) is 0 Å². The molecule has 144 valence electrons. The fraction of sp³-hybridized carbons (Fsp3) is 0.591. The van der Waals surface area contributed by atoms with Gasteiger partial charge in [0.05, 0.1) is 13.2 Å². The van der Waals surface area contributed by atoms with E-state index in [1.807, 2.05) is 6.20 Å². The molecule has 5 nitrogen and oxygen atoms in total. The largest absolute Gasteiger partial charge is 0.493 e. The van der Waals surface area contributed by atoms with Gasteiger partial charge in [0.25, 0.3) is 0 Å². The number of rotatable bonds is 6. The van der Waals surface area contributed by atoms with Crippen molar-refractivity contribution in [2.75, 3.05) is 19.7 Å². The van der Waals surface area contributed by atoms with Gasteiger partial charge in [-0.2, -0.15) is 0 Å². The summed E-state index contributed by atoms with van der Waals surface area (Å²) in [5.41, 5.74) is 3.31. The zero-order chi connectivity index (χ0) is 18.3. The summed E-state index contributed by atoms with van der Waals surface area (Å²) in [5.74, 6) is 2.27. The molecule has 27 heavy (non-hydrogen) atoms. The van der Waals surface area contributed by atoms with Gasteiger partial charge in [0.15, 0.2) is 0 Å². The van der Waals surface area contributed by atoms with Crippen LogP contribution in [-0.2, 0) is 26.1 Å². The number of nitrogens with zero attached hydrogens (tertiary/aromatic N) is 3. The lowest BCUT2D eigenvalue weighted by atomic mass is 9.93. The first-order valence-corrected chi connectivity index (χ1v) is 10.5. The zero-order valence-electron chi connectivity index (χ0n) is 16.3. The molecule has 1 spiro atoms. The third-order valence-electron chi connectivity index (χ3n) is 6.81. The van der Waals surface area contributed by atoms with Crippen LogP contribution in [0.15, 0.2) is 30.6 Å². The van der Waals surface area contributed by atoms with E-state index in [1.54, 1.807) is 0 Å². The van der Waals surface area contributed by atoms with Crippen molar-refractivity contribution in [2.24, 2.45) is 5.41 Å². The molecule has 1 N–H and O–H groups in total. The highest BCUT2D eigenvalue weighted by Crippen LogP contribution is 2.56. The molecule has 1 aromatic carbocycles. The van der Waals surface area contributed by atoms with Crippen LogP contribution >= 0.6 is 0 Å². The van der Waals surface area contributed by atoms with Crippen molar-refractivity contribution in [1.29, 1.82) is 0 Å². The number of fused-ring (bicyclic) bond motifs is 1. The van der Waals surface area contributed by atoms with Crippen molar-refractivity contribution < 1.29 is 4.74 Å². The summed E-state index contributed by atoms with van der Waals surface area (Å²) in [6, 6.07) is 7.46. The second-order valence-electron chi connectivity index (χ2n) is 8.41. The molecule has 0 unspecified atom stereocenters. The summed E-state index contributed by atoms with van der Waals surface area (Å²) in [6.07, 6.45) is 9.06. The van der Waals surface area contributed by atoms with Crippen molar-refractivity contribution >= 4 is 0 Å². The Kier molecular flexibility index (Phi) is 4.44. The Morgan fingerprint density at radius 2 is 2.19 bits per heavy atom. The van der Waals surface area contributed by atoms with Gasteiger partial charge in [0.2, 0.25) is 0 Å². The van der Waals surface area contributed by atoms with Crippen LogP contribution in [0, 0.1) is 5.41 Å². The SMILES string of the molecule is CCn1ccnc1CN(Cc1ccc2c(c1)CCO2)[C@H]1CC12CCNCC2. The highest BCUT2D eigenvalue weighted by atomic mass is 16.5. The summed E-state index contributed by atoms with van der Waals surface area (Å²) < 4.78 is 7.97. The van der Waals surface area contributed by atoms with Gasteiger partial charge in [-0.1, -0.05) is 12.1 Å². The van der Waals surface area contributed by atoms with Crippen LogP contribution in [0.2, 0.25) is 0 Å². The van der Waals surface area contributed by atoms with Gasteiger partial charge >= 0.3 is 0 Å². The number of piperidine rings is 1. The van der Waals surface area contributed by atoms with Crippen LogP contribution in [0.4, 0.5) is 0 Å². The monoisotopic (exact) mass is 366 g/mol. The van der Waals surface area contributed by atoms with E-state index in [4.69, 9.17) is 4.74 Å². The maximum atomic E-state index is 5.69. The van der Waals surface area contributed by atoms with Crippen molar-refractivity contribution in [3.63, 3.8) is 0 Å². The van der Waals surface area contributed by atoms with E-state index in [1.165, 1.54) is 49.3 Å². The highest BCUT2D eigenvalue weighted by molar-refractivity contribution is 5.39. The average molecular weight is 367 g/mol. The molecule has 0 bridgehead atoms. The first-order valence-electron chi connectivity index (χ1n) is 10.5. The van der Waals surface area contributed by atoms with Crippen LogP contribution < -0.4 is 10.1 Å². The van der Waals surface area contributed by atoms with Crippen molar-refractivity contribution in [3.8, 4) is 5.75 Å². The number of imidazole rings is 1. The maximum Gasteiger partial charge on any atom is 0.122 e. The Hall–Kier alpha value is -1.85. The Bertz CT molecular complexity index is 808. The van der Waals surface area contributed by atoms with Gasteiger partial charge in [-0.25, -0.2) is 4.98 Å². The molecule has 0 radical (unpaired) electrons. The normalized spacial score (nSPS) is 22.8. The minimum atomic E-state index is 0.536. The third kappa shape index (κ3) is 3.27. The second kappa shape index (κ2) is 6.95. The molecule has 0 amide bonds. The van der Waals surface area contributed by atoms with Crippen LogP contribution in [0.1, 0.15) is 43.1 Å². The van der Waals surface area contributed by atoms with Crippen molar-refractivity contribution in [3.05, 3.63) is 47.5 Å². The van der Waals surface area contributed by atoms with E-state index in [2.05, 4.69) is 51.1 Å². The molecule has 3 heterocycles. The molecule has 1 aliphatic carbocycles. The predicted octanol–water partition coefficient (Wildman–Crippen LogP) is 2.98. The minimum Gasteiger partial charge on any atom is -0.493 e.